The summed E-state index contributed by atoms with van der Waals surface area (Å²) in [5.74, 6) is 0.274. The van der Waals surface area contributed by atoms with Crippen molar-refractivity contribution in [2.45, 2.75) is 20.8 Å². The summed E-state index contributed by atoms with van der Waals surface area (Å²) < 4.78 is 13.5. The van der Waals surface area contributed by atoms with Gasteiger partial charge in [-0.05, 0) is 18.5 Å². The maximum Gasteiger partial charge on any atom is 0.130 e. The first-order chi connectivity index (χ1) is 7.65. The molecule has 0 radical (unpaired) electrons. The Kier molecular flexibility index (Phi) is 5.20. The van der Waals surface area contributed by atoms with Gasteiger partial charge in [0.05, 0.1) is 0 Å². The zero-order valence-electron chi connectivity index (χ0n) is 10.3. The zero-order chi connectivity index (χ0) is 12.0. The minimum atomic E-state index is -0.155. The first kappa shape index (κ1) is 12.9. The third-order valence-corrected chi connectivity index (χ3v) is 2.57. The second-order valence-corrected chi connectivity index (χ2v) is 4.18. The van der Waals surface area contributed by atoms with Crippen LogP contribution in [0.1, 0.15) is 26.3 Å². The van der Waals surface area contributed by atoms with E-state index in [2.05, 4.69) is 26.1 Å². The molecular formula is C14H20FN. The van der Waals surface area contributed by atoms with Crippen molar-refractivity contribution < 1.29 is 4.39 Å². The van der Waals surface area contributed by atoms with Crippen molar-refractivity contribution in [2.75, 3.05) is 13.1 Å². The zero-order valence-corrected chi connectivity index (χ0v) is 10.3. The van der Waals surface area contributed by atoms with Gasteiger partial charge in [-0.1, -0.05) is 50.6 Å². The lowest BCUT2D eigenvalue weighted by Gasteiger charge is -2.12. The summed E-state index contributed by atoms with van der Waals surface area (Å²) in [4.78, 5) is 0. The van der Waals surface area contributed by atoms with Crippen LogP contribution in [0.2, 0.25) is 0 Å². The van der Waals surface area contributed by atoms with Crippen LogP contribution in [0.15, 0.2) is 29.8 Å². The van der Waals surface area contributed by atoms with E-state index in [9.17, 15) is 4.39 Å². The van der Waals surface area contributed by atoms with E-state index in [4.69, 9.17) is 0 Å². The molecule has 2 heteroatoms. The molecule has 1 aromatic rings. The molecule has 0 aromatic heterocycles. The lowest BCUT2D eigenvalue weighted by atomic mass is 10.00. The van der Waals surface area contributed by atoms with Crippen LogP contribution >= 0.6 is 0 Å². The molecule has 0 unspecified atom stereocenters. The largest absolute Gasteiger partial charge is 0.313 e. The topological polar surface area (TPSA) is 12.0 Å². The number of hydrogen-bond donors (Lipinski definition) is 1. The summed E-state index contributed by atoms with van der Waals surface area (Å²) in [6.07, 6.45) is 1.95. The summed E-state index contributed by atoms with van der Waals surface area (Å²) in [6.45, 7) is 8.08. The quantitative estimate of drug-likeness (QED) is 0.802. The second kappa shape index (κ2) is 6.44. The highest BCUT2D eigenvalue weighted by molar-refractivity contribution is 5.54. The lowest BCUT2D eigenvalue weighted by molar-refractivity contribution is 0.623. The van der Waals surface area contributed by atoms with E-state index in [0.717, 1.165) is 13.1 Å². The number of nitrogens with one attached hydrogen (secondary N) is 1. The number of rotatable bonds is 5. The monoisotopic (exact) mass is 221 g/mol. The summed E-state index contributed by atoms with van der Waals surface area (Å²) in [5, 5.41) is 3.28. The molecule has 16 heavy (non-hydrogen) atoms. The Hall–Kier alpha value is -1.15. The average molecular weight is 221 g/mol. The predicted octanol–water partition coefficient (Wildman–Crippen LogP) is 3.47. The Morgan fingerprint density at radius 1 is 1.38 bits per heavy atom. The smallest absolute Gasteiger partial charge is 0.130 e. The van der Waals surface area contributed by atoms with Gasteiger partial charge >= 0.3 is 0 Å². The molecule has 0 spiro atoms. The summed E-state index contributed by atoms with van der Waals surface area (Å²) in [6, 6.07) is 6.88. The number of benzene rings is 1. The molecule has 0 aliphatic heterocycles. The summed E-state index contributed by atoms with van der Waals surface area (Å²) in [5.41, 5.74) is 1.90. The first-order valence-corrected chi connectivity index (χ1v) is 5.80. The van der Waals surface area contributed by atoms with E-state index in [-0.39, 0.29) is 5.82 Å². The molecule has 0 atom stereocenters. The Labute approximate surface area is 97.4 Å². The van der Waals surface area contributed by atoms with E-state index < -0.39 is 0 Å². The van der Waals surface area contributed by atoms with Crippen molar-refractivity contribution in [2.24, 2.45) is 5.92 Å². The molecule has 0 heterocycles. The highest BCUT2D eigenvalue weighted by Gasteiger charge is 2.04. The molecule has 0 saturated carbocycles. The van der Waals surface area contributed by atoms with E-state index in [1.165, 1.54) is 11.6 Å². The number of likely N-dealkylation sites (N-methyl/N-ethyl adjacent to an activating group) is 1. The van der Waals surface area contributed by atoms with Crippen molar-refractivity contribution in [3.63, 3.8) is 0 Å². The van der Waals surface area contributed by atoms with Crippen LogP contribution in [0.3, 0.4) is 0 Å². The van der Waals surface area contributed by atoms with Gasteiger partial charge in [0, 0.05) is 12.1 Å². The minimum absolute atomic E-state index is 0.155. The third kappa shape index (κ3) is 3.78. The fourth-order valence-electron chi connectivity index (χ4n) is 1.48. The van der Waals surface area contributed by atoms with Crippen molar-refractivity contribution in [1.29, 1.82) is 0 Å². The first-order valence-electron chi connectivity index (χ1n) is 5.80. The van der Waals surface area contributed by atoms with E-state index >= 15 is 0 Å². The highest BCUT2D eigenvalue weighted by Crippen LogP contribution is 2.16. The predicted molar refractivity (Wildman–Crippen MR) is 67.8 cm³/mol. The van der Waals surface area contributed by atoms with E-state index in [1.807, 2.05) is 18.2 Å². The lowest BCUT2D eigenvalue weighted by Crippen LogP contribution is -2.18. The minimum Gasteiger partial charge on any atom is -0.313 e. The molecule has 0 saturated heterocycles. The Bertz CT molecular complexity index is 356. The molecule has 1 rings (SSSR count). The van der Waals surface area contributed by atoms with Gasteiger partial charge < -0.3 is 5.32 Å². The standard InChI is InChI=1S/C14H20FN/c1-4-16-10-13(11(2)3)9-12-7-5-6-8-14(12)15/h5-9,11,16H,4,10H2,1-3H3. The molecular weight excluding hydrogens is 201 g/mol. The Balaban J connectivity index is 2.89. The number of halogens is 1. The summed E-state index contributed by atoms with van der Waals surface area (Å²) in [7, 11) is 0. The van der Waals surface area contributed by atoms with Crippen molar-refractivity contribution >= 4 is 6.08 Å². The van der Waals surface area contributed by atoms with Crippen molar-refractivity contribution in [3.8, 4) is 0 Å². The fraction of sp³-hybridized carbons (Fsp3) is 0.429. The van der Waals surface area contributed by atoms with Crippen LogP contribution in [0.5, 0.6) is 0 Å². The van der Waals surface area contributed by atoms with Crippen LogP contribution in [-0.2, 0) is 0 Å². The van der Waals surface area contributed by atoms with Gasteiger partial charge in [0.15, 0.2) is 0 Å². The Morgan fingerprint density at radius 2 is 2.06 bits per heavy atom. The van der Waals surface area contributed by atoms with Crippen molar-refractivity contribution in [1.82, 2.24) is 5.32 Å². The van der Waals surface area contributed by atoms with E-state index in [1.54, 1.807) is 6.07 Å². The maximum atomic E-state index is 13.5. The number of hydrogen-bond acceptors (Lipinski definition) is 1. The second-order valence-electron chi connectivity index (χ2n) is 4.18. The molecule has 0 amide bonds. The van der Waals surface area contributed by atoms with Gasteiger partial charge in [-0.25, -0.2) is 4.39 Å². The van der Waals surface area contributed by atoms with Crippen LogP contribution < -0.4 is 5.32 Å². The van der Waals surface area contributed by atoms with Gasteiger partial charge in [0.2, 0.25) is 0 Å². The maximum absolute atomic E-state index is 13.5. The SMILES string of the molecule is CCNCC(=Cc1ccccc1F)C(C)C. The fourth-order valence-corrected chi connectivity index (χ4v) is 1.48. The Morgan fingerprint density at radius 3 is 2.62 bits per heavy atom. The van der Waals surface area contributed by atoms with Gasteiger partial charge in [0.1, 0.15) is 5.82 Å². The van der Waals surface area contributed by atoms with Gasteiger partial charge in [-0.2, -0.15) is 0 Å². The molecule has 1 N–H and O–H groups in total. The van der Waals surface area contributed by atoms with Crippen molar-refractivity contribution in [3.05, 3.63) is 41.2 Å². The highest BCUT2D eigenvalue weighted by atomic mass is 19.1. The molecule has 1 nitrogen and oxygen atoms in total. The molecule has 0 aliphatic carbocycles. The molecule has 0 fully saturated rings. The van der Waals surface area contributed by atoms with Gasteiger partial charge in [0.25, 0.3) is 0 Å². The molecule has 0 aliphatic rings. The summed E-state index contributed by atoms with van der Waals surface area (Å²) >= 11 is 0. The third-order valence-electron chi connectivity index (χ3n) is 2.57. The normalized spacial score (nSPS) is 12.2. The van der Waals surface area contributed by atoms with Crippen LogP contribution in [0.4, 0.5) is 4.39 Å². The van der Waals surface area contributed by atoms with Gasteiger partial charge in [-0.3, -0.25) is 0 Å². The average Bonchev–Trinajstić information content (AvgIpc) is 2.26. The van der Waals surface area contributed by atoms with Crippen LogP contribution in [0.25, 0.3) is 6.08 Å². The van der Waals surface area contributed by atoms with Crippen LogP contribution in [0, 0.1) is 11.7 Å². The molecule has 88 valence electrons. The van der Waals surface area contributed by atoms with Gasteiger partial charge in [-0.15, -0.1) is 0 Å². The molecule has 0 bridgehead atoms. The van der Waals surface area contributed by atoms with Crippen LogP contribution in [-0.4, -0.2) is 13.1 Å². The van der Waals surface area contributed by atoms with E-state index in [0.29, 0.717) is 11.5 Å². The molecule has 1 aromatic carbocycles.